The number of thiazole rings is 1. The van der Waals surface area contributed by atoms with Gasteiger partial charge >= 0.3 is 5.97 Å². The van der Waals surface area contributed by atoms with Crippen molar-refractivity contribution in [2.24, 2.45) is 0 Å². The van der Waals surface area contributed by atoms with E-state index in [1.165, 1.54) is 23.5 Å². The van der Waals surface area contributed by atoms with Crippen molar-refractivity contribution in [3.8, 4) is 10.6 Å². The number of halogens is 1. The first-order valence-corrected chi connectivity index (χ1v) is 10.4. The van der Waals surface area contributed by atoms with Crippen molar-refractivity contribution < 1.29 is 19.1 Å². The summed E-state index contributed by atoms with van der Waals surface area (Å²) in [5, 5.41) is 14.8. The van der Waals surface area contributed by atoms with E-state index in [-0.39, 0.29) is 18.7 Å². The average molecular weight is 422 g/mol. The van der Waals surface area contributed by atoms with E-state index in [9.17, 15) is 19.1 Å². The second kappa shape index (κ2) is 8.59. The van der Waals surface area contributed by atoms with E-state index in [1.807, 2.05) is 41.8 Å². The third-order valence-electron chi connectivity index (χ3n) is 4.95. The van der Waals surface area contributed by atoms with Gasteiger partial charge in [-0.25, -0.2) is 14.2 Å². The molecule has 0 fully saturated rings. The first kappa shape index (κ1) is 20.0. The van der Waals surface area contributed by atoms with Crippen LogP contribution in [0.25, 0.3) is 16.1 Å². The highest BCUT2D eigenvalue weighted by Crippen LogP contribution is 2.31. The third-order valence-corrected chi connectivity index (χ3v) is 5.89. The Kier molecular flexibility index (Phi) is 5.72. The van der Waals surface area contributed by atoms with E-state index >= 15 is 0 Å². The van der Waals surface area contributed by atoms with Gasteiger partial charge in [0, 0.05) is 17.4 Å². The molecule has 1 aromatic heterocycles. The molecule has 0 bridgehead atoms. The zero-order valence-corrected chi connectivity index (χ0v) is 16.8. The zero-order valence-electron chi connectivity index (χ0n) is 16.0. The zero-order chi connectivity index (χ0) is 21.1. The molecule has 3 aromatic rings. The number of carbonyl (C=O) groups is 2. The normalized spacial score (nSPS) is 13.4. The Balaban J connectivity index is 1.40. The van der Waals surface area contributed by atoms with Gasteiger partial charge in [-0.3, -0.25) is 4.79 Å². The van der Waals surface area contributed by atoms with E-state index in [0.29, 0.717) is 12.1 Å². The molecule has 2 aromatic carbocycles. The molecule has 0 saturated heterocycles. The lowest BCUT2D eigenvalue weighted by molar-refractivity contribution is -0.141. The lowest BCUT2D eigenvalue weighted by atomic mass is 9.99. The number of hydrogen-bond donors (Lipinski definition) is 2. The van der Waals surface area contributed by atoms with Gasteiger partial charge in [-0.05, 0) is 35.3 Å². The number of nitrogens with zero attached hydrogens (tertiary/aromatic N) is 1. The fourth-order valence-corrected chi connectivity index (χ4v) is 4.34. The number of carbonyl (C=O) groups excluding carboxylic acids is 1. The second-order valence-corrected chi connectivity index (χ2v) is 7.94. The molecule has 152 valence electrons. The van der Waals surface area contributed by atoms with Gasteiger partial charge in [0.25, 0.3) is 0 Å². The number of carboxylic acids is 1. The molecule has 1 aliphatic rings. The number of aliphatic carboxylic acids is 1. The number of allylic oxidation sites excluding steroid dienone is 1. The van der Waals surface area contributed by atoms with Crippen LogP contribution in [-0.4, -0.2) is 28.0 Å². The molecule has 30 heavy (non-hydrogen) atoms. The summed E-state index contributed by atoms with van der Waals surface area (Å²) in [6.45, 7) is 0. The molecule has 4 rings (SSSR count). The first-order chi connectivity index (χ1) is 14.5. The van der Waals surface area contributed by atoms with Gasteiger partial charge in [0.1, 0.15) is 16.9 Å². The molecule has 0 saturated carbocycles. The van der Waals surface area contributed by atoms with Crippen molar-refractivity contribution in [2.75, 3.05) is 0 Å². The van der Waals surface area contributed by atoms with Gasteiger partial charge in [-0.2, -0.15) is 0 Å². The van der Waals surface area contributed by atoms with Crippen LogP contribution in [0.2, 0.25) is 0 Å². The Morgan fingerprint density at radius 2 is 2.00 bits per heavy atom. The Morgan fingerprint density at radius 3 is 2.77 bits per heavy atom. The third kappa shape index (κ3) is 4.46. The molecule has 1 amide bonds. The maximum Gasteiger partial charge on any atom is 0.326 e. The van der Waals surface area contributed by atoms with Crippen LogP contribution in [0.1, 0.15) is 23.2 Å². The van der Waals surface area contributed by atoms with Crippen molar-refractivity contribution in [2.45, 2.75) is 25.3 Å². The van der Waals surface area contributed by atoms with Gasteiger partial charge < -0.3 is 10.4 Å². The standard InChI is InChI=1S/C23H19FN2O3S/c24-17-8-9-19-15(10-17)6-7-16(19)11-20(23(28)29)26-21(27)12-18-13-30-22(25-18)14-4-2-1-3-5-14/h1-5,7-10,13,20H,6,11-12H2,(H,26,27)(H,28,29). The molecule has 2 N–H and O–H groups in total. The largest absolute Gasteiger partial charge is 0.480 e. The first-order valence-electron chi connectivity index (χ1n) is 9.49. The average Bonchev–Trinajstić information content (AvgIpc) is 3.35. The Morgan fingerprint density at radius 1 is 1.20 bits per heavy atom. The van der Waals surface area contributed by atoms with Gasteiger partial charge in [0.2, 0.25) is 5.91 Å². The Labute approximate surface area is 176 Å². The molecule has 0 spiro atoms. The summed E-state index contributed by atoms with van der Waals surface area (Å²) >= 11 is 1.44. The summed E-state index contributed by atoms with van der Waals surface area (Å²) < 4.78 is 13.4. The van der Waals surface area contributed by atoms with Gasteiger partial charge in [0.05, 0.1) is 12.1 Å². The number of aromatic nitrogens is 1. The second-order valence-electron chi connectivity index (χ2n) is 7.08. The van der Waals surface area contributed by atoms with E-state index in [1.54, 1.807) is 6.07 Å². The molecule has 1 aliphatic carbocycles. The van der Waals surface area contributed by atoms with E-state index in [4.69, 9.17) is 0 Å². The molecular weight excluding hydrogens is 403 g/mol. The molecule has 7 heteroatoms. The van der Waals surface area contributed by atoms with Crippen LogP contribution in [0.4, 0.5) is 4.39 Å². The SMILES string of the molecule is O=C(Cc1csc(-c2ccccc2)n1)NC(CC1=CCc2cc(F)ccc21)C(=O)O. The number of benzene rings is 2. The summed E-state index contributed by atoms with van der Waals surface area (Å²) in [6.07, 6.45) is 2.60. The lowest BCUT2D eigenvalue weighted by Crippen LogP contribution is -2.41. The van der Waals surface area contributed by atoms with Crippen LogP contribution in [0.3, 0.4) is 0 Å². The fourth-order valence-electron chi connectivity index (χ4n) is 3.51. The fraction of sp³-hybridized carbons (Fsp3) is 0.174. The van der Waals surface area contributed by atoms with Crippen molar-refractivity contribution in [1.29, 1.82) is 0 Å². The molecular formula is C23H19FN2O3S. The summed E-state index contributed by atoms with van der Waals surface area (Å²) in [6, 6.07) is 13.1. The number of nitrogens with one attached hydrogen (secondary N) is 1. The predicted octanol–water partition coefficient (Wildman–Crippen LogP) is 4.09. The van der Waals surface area contributed by atoms with Crippen molar-refractivity contribution >= 4 is 28.8 Å². The molecule has 0 aliphatic heterocycles. The highest BCUT2D eigenvalue weighted by Gasteiger charge is 2.25. The van der Waals surface area contributed by atoms with Crippen LogP contribution in [0, 0.1) is 5.82 Å². The van der Waals surface area contributed by atoms with E-state index < -0.39 is 17.9 Å². The minimum absolute atomic E-state index is 0.00790. The topological polar surface area (TPSA) is 79.3 Å². The minimum Gasteiger partial charge on any atom is -0.480 e. The van der Waals surface area contributed by atoms with Crippen molar-refractivity contribution in [3.63, 3.8) is 0 Å². The van der Waals surface area contributed by atoms with Gasteiger partial charge in [0.15, 0.2) is 0 Å². The number of hydrogen-bond acceptors (Lipinski definition) is 4. The number of rotatable bonds is 7. The molecule has 5 nitrogen and oxygen atoms in total. The molecule has 1 unspecified atom stereocenters. The van der Waals surface area contributed by atoms with Crippen LogP contribution in [0.5, 0.6) is 0 Å². The quantitative estimate of drug-likeness (QED) is 0.601. The van der Waals surface area contributed by atoms with Crippen molar-refractivity contribution in [3.05, 3.63) is 82.6 Å². The highest BCUT2D eigenvalue weighted by atomic mass is 32.1. The van der Waals surface area contributed by atoms with Crippen LogP contribution in [0.15, 0.2) is 60.0 Å². The summed E-state index contributed by atoms with van der Waals surface area (Å²) in [5.74, 6) is -1.82. The van der Waals surface area contributed by atoms with Crippen LogP contribution >= 0.6 is 11.3 Å². The lowest BCUT2D eigenvalue weighted by Gasteiger charge is -2.16. The molecule has 0 radical (unpaired) electrons. The minimum atomic E-state index is -1.11. The maximum atomic E-state index is 13.4. The van der Waals surface area contributed by atoms with Crippen LogP contribution < -0.4 is 5.32 Å². The van der Waals surface area contributed by atoms with Crippen molar-refractivity contribution in [1.82, 2.24) is 10.3 Å². The monoisotopic (exact) mass is 422 g/mol. The maximum absolute atomic E-state index is 13.4. The Bertz CT molecular complexity index is 1120. The van der Waals surface area contributed by atoms with Gasteiger partial charge in [-0.1, -0.05) is 42.5 Å². The van der Waals surface area contributed by atoms with E-state index in [2.05, 4.69) is 10.3 Å². The predicted molar refractivity (Wildman–Crippen MR) is 114 cm³/mol. The number of carboxylic acid groups (broad SMARTS) is 1. The highest BCUT2D eigenvalue weighted by molar-refractivity contribution is 7.13. The smallest absolute Gasteiger partial charge is 0.326 e. The summed E-state index contributed by atoms with van der Waals surface area (Å²) in [4.78, 5) is 28.7. The number of fused-ring (bicyclic) bond motifs is 1. The molecule has 1 atom stereocenters. The van der Waals surface area contributed by atoms with Crippen LogP contribution in [-0.2, 0) is 22.4 Å². The van der Waals surface area contributed by atoms with E-state index in [0.717, 1.165) is 27.3 Å². The molecule has 1 heterocycles. The summed E-state index contributed by atoms with van der Waals surface area (Å²) in [7, 11) is 0. The number of amides is 1. The Hall–Kier alpha value is -3.32. The summed E-state index contributed by atoms with van der Waals surface area (Å²) in [5.41, 5.74) is 4.04. The van der Waals surface area contributed by atoms with Gasteiger partial charge in [-0.15, -0.1) is 11.3 Å².